The summed E-state index contributed by atoms with van der Waals surface area (Å²) in [6.45, 7) is 3.91. The van der Waals surface area contributed by atoms with Crippen LogP contribution < -0.4 is 10.1 Å². The molecule has 1 N–H and O–H groups in total. The second-order valence-electron chi connectivity index (χ2n) is 6.10. The van der Waals surface area contributed by atoms with Crippen LogP contribution in [0.25, 0.3) is 0 Å². The van der Waals surface area contributed by atoms with Gasteiger partial charge in [-0.05, 0) is 62.0 Å². The van der Waals surface area contributed by atoms with E-state index in [0.717, 1.165) is 32.7 Å². The van der Waals surface area contributed by atoms with Crippen LogP contribution >= 0.6 is 11.8 Å². The Hall–Kier alpha value is -2.86. The van der Waals surface area contributed by atoms with Gasteiger partial charge in [-0.25, -0.2) is 9.97 Å². The van der Waals surface area contributed by atoms with Crippen LogP contribution in [0.1, 0.15) is 17.0 Å². The number of methoxy groups -OCH3 is 1. The van der Waals surface area contributed by atoms with Gasteiger partial charge in [-0.15, -0.1) is 0 Å². The van der Waals surface area contributed by atoms with Crippen molar-refractivity contribution >= 4 is 23.4 Å². The molecule has 27 heavy (non-hydrogen) atoms. The number of anilines is 1. The van der Waals surface area contributed by atoms with Crippen LogP contribution in [-0.2, 0) is 11.2 Å². The molecular weight excluding hydrogens is 358 g/mol. The highest BCUT2D eigenvalue weighted by Crippen LogP contribution is 2.26. The molecule has 1 aromatic heterocycles. The second kappa shape index (κ2) is 8.68. The number of nitrogens with zero attached hydrogens (tertiary/aromatic N) is 2. The first-order valence-corrected chi connectivity index (χ1v) is 9.37. The van der Waals surface area contributed by atoms with Crippen LogP contribution in [0.2, 0.25) is 0 Å². The van der Waals surface area contributed by atoms with Gasteiger partial charge in [0.15, 0.2) is 5.16 Å². The minimum Gasteiger partial charge on any atom is -0.496 e. The van der Waals surface area contributed by atoms with Crippen LogP contribution in [0, 0.1) is 13.8 Å². The first-order chi connectivity index (χ1) is 13.0. The Morgan fingerprint density at radius 3 is 2.37 bits per heavy atom. The molecular formula is C21H21N3O2S. The second-order valence-corrected chi connectivity index (χ2v) is 7.14. The normalized spacial score (nSPS) is 10.5. The van der Waals surface area contributed by atoms with Crippen molar-refractivity contribution in [1.29, 1.82) is 0 Å². The molecule has 0 aliphatic heterocycles. The van der Waals surface area contributed by atoms with Crippen molar-refractivity contribution in [2.24, 2.45) is 0 Å². The topological polar surface area (TPSA) is 64.1 Å². The maximum atomic E-state index is 12.3. The molecule has 0 fully saturated rings. The van der Waals surface area contributed by atoms with Crippen molar-refractivity contribution in [3.63, 3.8) is 0 Å². The van der Waals surface area contributed by atoms with Crippen LogP contribution in [0.4, 0.5) is 5.69 Å². The zero-order chi connectivity index (χ0) is 19.2. The number of aromatic nitrogens is 2. The molecule has 0 atom stereocenters. The summed E-state index contributed by atoms with van der Waals surface area (Å²) in [6, 6.07) is 17.1. The molecule has 3 rings (SSSR count). The summed E-state index contributed by atoms with van der Waals surface area (Å²) >= 11 is 1.50. The summed E-state index contributed by atoms with van der Waals surface area (Å²) in [6.07, 6.45) is 0.261. The molecule has 3 aromatic rings. The van der Waals surface area contributed by atoms with E-state index < -0.39 is 0 Å². The molecule has 0 unspecified atom stereocenters. The van der Waals surface area contributed by atoms with Gasteiger partial charge in [-0.3, -0.25) is 4.79 Å². The van der Waals surface area contributed by atoms with E-state index in [1.54, 1.807) is 7.11 Å². The monoisotopic (exact) mass is 379 g/mol. The van der Waals surface area contributed by atoms with Gasteiger partial charge in [-0.2, -0.15) is 0 Å². The molecule has 0 aliphatic rings. The highest BCUT2D eigenvalue weighted by Gasteiger charge is 2.09. The number of amides is 1. The maximum absolute atomic E-state index is 12.3. The Morgan fingerprint density at radius 2 is 1.70 bits per heavy atom. The molecule has 2 aromatic carbocycles. The van der Waals surface area contributed by atoms with Crippen LogP contribution in [-0.4, -0.2) is 23.0 Å². The number of ether oxygens (including phenoxy) is 1. The van der Waals surface area contributed by atoms with E-state index in [-0.39, 0.29) is 12.3 Å². The highest BCUT2D eigenvalue weighted by atomic mass is 32.2. The van der Waals surface area contributed by atoms with Gasteiger partial charge in [0, 0.05) is 27.5 Å². The Kier molecular flexibility index (Phi) is 6.08. The summed E-state index contributed by atoms with van der Waals surface area (Å²) in [5.74, 6) is 0.630. The number of rotatable bonds is 6. The third kappa shape index (κ3) is 5.31. The largest absolute Gasteiger partial charge is 0.496 e. The Morgan fingerprint density at radius 1 is 1.04 bits per heavy atom. The zero-order valence-electron chi connectivity index (χ0n) is 15.5. The van der Waals surface area contributed by atoms with Gasteiger partial charge in [0.25, 0.3) is 0 Å². The van der Waals surface area contributed by atoms with Crippen molar-refractivity contribution in [2.45, 2.75) is 30.3 Å². The van der Waals surface area contributed by atoms with E-state index in [9.17, 15) is 4.79 Å². The first-order valence-electron chi connectivity index (χ1n) is 8.55. The smallest absolute Gasteiger partial charge is 0.228 e. The molecule has 0 aliphatic carbocycles. The van der Waals surface area contributed by atoms with Gasteiger partial charge < -0.3 is 10.1 Å². The van der Waals surface area contributed by atoms with Crippen molar-refractivity contribution in [1.82, 2.24) is 9.97 Å². The van der Waals surface area contributed by atoms with Crippen molar-refractivity contribution in [2.75, 3.05) is 12.4 Å². The van der Waals surface area contributed by atoms with E-state index in [1.165, 1.54) is 11.8 Å². The highest BCUT2D eigenvalue weighted by molar-refractivity contribution is 7.99. The summed E-state index contributed by atoms with van der Waals surface area (Å²) < 4.78 is 5.29. The summed E-state index contributed by atoms with van der Waals surface area (Å²) in [5.41, 5.74) is 3.51. The average molecular weight is 379 g/mol. The maximum Gasteiger partial charge on any atom is 0.228 e. The third-order valence-corrected chi connectivity index (χ3v) is 4.73. The quantitative estimate of drug-likeness (QED) is 0.642. The zero-order valence-corrected chi connectivity index (χ0v) is 16.3. The number of benzene rings is 2. The van der Waals surface area contributed by atoms with E-state index in [1.807, 2.05) is 68.4 Å². The number of carbonyl (C=O) groups excluding carboxylic acids is 1. The average Bonchev–Trinajstić information content (AvgIpc) is 2.63. The predicted octanol–water partition coefficient (Wildman–Crippen LogP) is 4.43. The van der Waals surface area contributed by atoms with Crippen LogP contribution in [0.15, 0.2) is 64.6 Å². The van der Waals surface area contributed by atoms with E-state index >= 15 is 0 Å². The summed E-state index contributed by atoms with van der Waals surface area (Å²) in [7, 11) is 1.60. The number of nitrogens with one attached hydrogen (secondary N) is 1. The fourth-order valence-electron chi connectivity index (χ4n) is 2.68. The molecule has 0 bridgehead atoms. The van der Waals surface area contributed by atoms with Gasteiger partial charge in [-0.1, -0.05) is 18.2 Å². The van der Waals surface area contributed by atoms with Gasteiger partial charge in [0.1, 0.15) is 5.75 Å². The molecule has 138 valence electrons. The molecule has 6 heteroatoms. The van der Waals surface area contributed by atoms with Crippen molar-refractivity contribution in [3.05, 3.63) is 71.5 Å². The molecule has 0 saturated heterocycles. The number of aryl methyl sites for hydroxylation is 2. The SMILES string of the molecule is COc1ccccc1CC(=O)Nc1ccc(Sc2nc(C)cc(C)n2)cc1. The van der Waals surface area contributed by atoms with E-state index in [4.69, 9.17) is 4.74 Å². The third-order valence-electron chi connectivity index (χ3n) is 3.85. The summed E-state index contributed by atoms with van der Waals surface area (Å²) in [4.78, 5) is 22.2. The molecule has 1 heterocycles. The Bertz CT molecular complexity index is 922. The van der Waals surface area contributed by atoms with Crippen molar-refractivity contribution in [3.8, 4) is 5.75 Å². The lowest BCUT2D eigenvalue weighted by Crippen LogP contribution is -2.14. The lowest BCUT2D eigenvalue weighted by atomic mass is 10.1. The number of carbonyl (C=O) groups is 1. The molecule has 0 spiro atoms. The van der Waals surface area contributed by atoms with Gasteiger partial charge in [0.05, 0.1) is 13.5 Å². The number of para-hydroxylation sites is 1. The van der Waals surface area contributed by atoms with Crippen molar-refractivity contribution < 1.29 is 9.53 Å². The predicted molar refractivity (Wildman–Crippen MR) is 107 cm³/mol. The van der Waals surface area contributed by atoms with E-state index in [0.29, 0.717) is 5.75 Å². The van der Waals surface area contributed by atoms with E-state index in [2.05, 4.69) is 15.3 Å². The first kappa shape index (κ1) is 18.9. The number of hydrogen-bond acceptors (Lipinski definition) is 5. The molecule has 5 nitrogen and oxygen atoms in total. The lowest BCUT2D eigenvalue weighted by molar-refractivity contribution is -0.115. The summed E-state index contributed by atoms with van der Waals surface area (Å²) in [5, 5.41) is 3.64. The van der Waals surface area contributed by atoms with Crippen LogP contribution in [0.5, 0.6) is 5.75 Å². The van der Waals surface area contributed by atoms with Gasteiger partial charge >= 0.3 is 0 Å². The fourth-order valence-corrected chi connectivity index (χ4v) is 3.54. The molecule has 0 radical (unpaired) electrons. The lowest BCUT2D eigenvalue weighted by Gasteiger charge is -2.09. The van der Waals surface area contributed by atoms with Crippen LogP contribution in [0.3, 0.4) is 0 Å². The molecule has 1 amide bonds. The number of hydrogen-bond donors (Lipinski definition) is 1. The minimum absolute atomic E-state index is 0.0856. The fraction of sp³-hybridized carbons (Fsp3) is 0.190. The standard InChI is InChI=1S/C21H21N3O2S/c1-14-12-15(2)23-21(22-14)27-18-10-8-17(9-11-18)24-20(25)13-16-6-4-5-7-19(16)26-3/h4-12H,13H2,1-3H3,(H,24,25). The molecule has 0 saturated carbocycles. The Balaban J connectivity index is 1.62. The minimum atomic E-state index is -0.0856. The Labute approximate surface area is 163 Å². The van der Waals surface area contributed by atoms with Gasteiger partial charge in [0.2, 0.25) is 5.91 Å².